The van der Waals surface area contributed by atoms with Gasteiger partial charge in [-0.15, -0.1) is 11.3 Å². The van der Waals surface area contributed by atoms with Gasteiger partial charge in [0.2, 0.25) is 0 Å². The molecular formula is C16H11ClFNS. The maximum atomic E-state index is 13.8. The van der Waals surface area contributed by atoms with Crippen molar-refractivity contribution >= 4 is 22.9 Å². The molecular weight excluding hydrogens is 293 g/mol. The minimum Gasteiger partial charge on any atom is -0.241 e. The van der Waals surface area contributed by atoms with Crippen LogP contribution in [0.3, 0.4) is 0 Å². The average Bonchev–Trinajstić information content (AvgIpc) is 2.93. The number of nitrogens with zero attached hydrogens (tertiary/aromatic N) is 1. The molecule has 0 N–H and O–H groups in total. The molecule has 0 bridgehead atoms. The van der Waals surface area contributed by atoms with Gasteiger partial charge in [0.25, 0.3) is 0 Å². The Balaban J connectivity index is 1.88. The number of halogens is 2. The van der Waals surface area contributed by atoms with Gasteiger partial charge in [-0.25, -0.2) is 9.37 Å². The minimum absolute atomic E-state index is 0.283. The van der Waals surface area contributed by atoms with Crippen molar-refractivity contribution in [1.82, 2.24) is 4.98 Å². The number of hydrogen-bond donors (Lipinski definition) is 0. The van der Waals surface area contributed by atoms with Crippen molar-refractivity contribution in [3.8, 4) is 11.3 Å². The van der Waals surface area contributed by atoms with Crippen LogP contribution in [-0.4, -0.2) is 4.98 Å². The predicted molar refractivity (Wildman–Crippen MR) is 81.8 cm³/mol. The quantitative estimate of drug-likeness (QED) is 0.648. The molecule has 0 unspecified atom stereocenters. The second-order valence-electron chi connectivity index (χ2n) is 4.37. The SMILES string of the molecule is Fc1cccc(Cl)c1Cc1nc(-c2ccccc2)cs1. The highest BCUT2D eigenvalue weighted by Crippen LogP contribution is 2.26. The highest BCUT2D eigenvalue weighted by molar-refractivity contribution is 7.10. The lowest BCUT2D eigenvalue weighted by molar-refractivity contribution is 0.614. The van der Waals surface area contributed by atoms with Gasteiger partial charge in [-0.2, -0.15) is 0 Å². The Kier molecular flexibility index (Phi) is 3.81. The molecule has 0 radical (unpaired) electrons. The molecule has 2 aromatic carbocycles. The second kappa shape index (κ2) is 5.73. The summed E-state index contributed by atoms with van der Waals surface area (Å²) in [5.74, 6) is -0.283. The zero-order valence-corrected chi connectivity index (χ0v) is 12.1. The van der Waals surface area contributed by atoms with Crippen LogP contribution in [0, 0.1) is 5.82 Å². The third-order valence-electron chi connectivity index (χ3n) is 3.01. The van der Waals surface area contributed by atoms with E-state index in [0.717, 1.165) is 16.3 Å². The van der Waals surface area contributed by atoms with Gasteiger partial charge in [0.1, 0.15) is 5.82 Å². The fourth-order valence-electron chi connectivity index (χ4n) is 1.99. The fraction of sp³-hybridized carbons (Fsp3) is 0.0625. The summed E-state index contributed by atoms with van der Waals surface area (Å²) >= 11 is 7.56. The Morgan fingerprint density at radius 1 is 1.05 bits per heavy atom. The summed E-state index contributed by atoms with van der Waals surface area (Å²) in [5, 5.41) is 3.29. The summed E-state index contributed by atoms with van der Waals surface area (Å²) in [4.78, 5) is 4.55. The maximum absolute atomic E-state index is 13.8. The van der Waals surface area contributed by atoms with E-state index in [9.17, 15) is 4.39 Å². The first-order valence-electron chi connectivity index (χ1n) is 6.17. The van der Waals surface area contributed by atoms with Crippen molar-refractivity contribution in [2.45, 2.75) is 6.42 Å². The van der Waals surface area contributed by atoms with E-state index in [2.05, 4.69) is 4.98 Å². The molecule has 3 aromatic rings. The summed E-state index contributed by atoms with van der Waals surface area (Å²) in [6.07, 6.45) is 0.420. The molecule has 20 heavy (non-hydrogen) atoms. The van der Waals surface area contributed by atoms with Gasteiger partial charge >= 0.3 is 0 Å². The van der Waals surface area contributed by atoms with Crippen LogP contribution in [0.4, 0.5) is 4.39 Å². The molecule has 0 atom stereocenters. The number of thiazole rings is 1. The molecule has 1 aromatic heterocycles. The van der Waals surface area contributed by atoms with E-state index in [0.29, 0.717) is 17.0 Å². The van der Waals surface area contributed by atoms with Crippen LogP contribution in [0.25, 0.3) is 11.3 Å². The lowest BCUT2D eigenvalue weighted by Crippen LogP contribution is -1.93. The molecule has 0 spiro atoms. The van der Waals surface area contributed by atoms with E-state index in [-0.39, 0.29) is 5.82 Å². The first kappa shape index (κ1) is 13.3. The average molecular weight is 304 g/mol. The van der Waals surface area contributed by atoms with Gasteiger partial charge in [0.15, 0.2) is 0 Å². The van der Waals surface area contributed by atoms with Gasteiger partial charge in [0.05, 0.1) is 10.7 Å². The third kappa shape index (κ3) is 2.74. The predicted octanol–water partition coefficient (Wildman–Crippen LogP) is 5.19. The molecule has 1 nitrogen and oxygen atoms in total. The monoisotopic (exact) mass is 303 g/mol. The van der Waals surface area contributed by atoms with Crippen LogP contribution in [0.15, 0.2) is 53.9 Å². The van der Waals surface area contributed by atoms with Crippen LogP contribution in [-0.2, 0) is 6.42 Å². The van der Waals surface area contributed by atoms with Crippen molar-refractivity contribution in [1.29, 1.82) is 0 Å². The zero-order chi connectivity index (χ0) is 13.9. The zero-order valence-electron chi connectivity index (χ0n) is 10.5. The Morgan fingerprint density at radius 2 is 1.85 bits per heavy atom. The summed E-state index contributed by atoms with van der Waals surface area (Å²) < 4.78 is 13.8. The third-order valence-corrected chi connectivity index (χ3v) is 4.21. The minimum atomic E-state index is -0.283. The van der Waals surface area contributed by atoms with Crippen LogP contribution >= 0.6 is 22.9 Å². The first-order chi connectivity index (χ1) is 9.74. The largest absolute Gasteiger partial charge is 0.241 e. The van der Waals surface area contributed by atoms with Crippen molar-refractivity contribution in [3.63, 3.8) is 0 Å². The van der Waals surface area contributed by atoms with E-state index < -0.39 is 0 Å². The number of rotatable bonds is 3. The Morgan fingerprint density at radius 3 is 2.60 bits per heavy atom. The van der Waals surface area contributed by atoms with Crippen LogP contribution in [0.2, 0.25) is 5.02 Å². The molecule has 3 rings (SSSR count). The molecule has 0 saturated heterocycles. The topological polar surface area (TPSA) is 12.9 Å². The summed E-state index contributed by atoms with van der Waals surface area (Å²) in [7, 11) is 0. The molecule has 0 aliphatic heterocycles. The first-order valence-corrected chi connectivity index (χ1v) is 7.42. The van der Waals surface area contributed by atoms with Crippen molar-refractivity contribution < 1.29 is 4.39 Å². The van der Waals surface area contributed by atoms with Crippen LogP contribution in [0.1, 0.15) is 10.6 Å². The molecule has 0 amide bonds. The number of aromatic nitrogens is 1. The van der Waals surface area contributed by atoms with E-state index in [4.69, 9.17) is 11.6 Å². The van der Waals surface area contributed by atoms with Gasteiger partial charge in [0, 0.05) is 28.0 Å². The van der Waals surface area contributed by atoms with Gasteiger partial charge in [-0.1, -0.05) is 48.0 Å². The Labute approximate surface area is 125 Å². The van der Waals surface area contributed by atoms with Gasteiger partial charge < -0.3 is 0 Å². The summed E-state index contributed by atoms with van der Waals surface area (Å²) in [6, 6.07) is 14.7. The van der Waals surface area contributed by atoms with E-state index in [1.54, 1.807) is 12.1 Å². The smallest absolute Gasteiger partial charge is 0.128 e. The van der Waals surface area contributed by atoms with E-state index >= 15 is 0 Å². The lowest BCUT2D eigenvalue weighted by atomic mass is 10.1. The number of benzene rings is 2. The van der Waals surface area contributed by atoms with E-state index in [1.807, 2.05) is 35.7 Å². The summed E-state index contributed by atoms with van der Waals surface area (Å²) in [5.41, 5.74) is 2.48. The number of hydrogen-bond acceptors (Lipinski definition) is 2. The Hall–Kier alpha value is -1.71. The van der Waals surface area contributed by atoms with Gasteiger partial charge in [-0.05, 0) is 12.1 Å². The molecule has 0 aliphatic carbocycles. The normalized spacial score (nSPS) is 10.7. The Bertz CT molecular complexity index is 704. The van der Waals surface area contributed by atoms with Gasteiger partial charge in [-0.3, -0.25) is 0 Å². The van der Waals surface area contributed by atoms with Crippen LogP contribution in [0.5, 0.6) is 0 Å². The standard InChI is InChI=1S/C16H11ClFNS/c17-13-7-4-8-14(18)12(13)9-16-19-15(10-20-16)11-5-2-1-3-6-11/h1-8,10H,9H2. The molecule has 0 aliphatic rings. The van der Waals surface area contributed by atoms with Crippen LogP contribution < -0.4 is 0 Å². The highest BCUT2D eigenvalue weighted by Gasteiger charge is 2.11. The summed E-state index contributed by atoms with van der Waals surface area (Å²) in [6.45, 7) is 0. The molecule has 100 valence electrons. The van der Waals surface area contributed by atoms with Crippen molar-refractivity contribution in [3.05, 3.63) is 75.3 Å². The second-order valence-corrected chi connectivity index (χ2v) is 5.72. The fourth-order valence-corrected chi connectivity index (χ4v) is 3.03. The molecule has 4 heteroatoms. The van der Waals surface area contributed by atoms with Crippen molar-refractivity contribution in [2.24, 2.45) is 0 Å². The van der Waals surface area contributed by atoms with Crippen molar-refractivity contribution in [2.75, 3.05) is 0 Å². The molecule has 0 saturated carbocycles. The lowest BCUT2D eigenvalue weighted by Gasteiger charge is -2.03. The molecule has 0 fully saturated rings. The van der Waals surface area contributed by atoms with E-state index in [1.165, 1.54) is 17.4 Å². The highest BCUT2D eigenvalue weighted by atomic mass is 35.5. The molecule has 1 heterocycles. The maximum Gasteiger partial charge on any atom is 0.128 e.